The van der Waals surface area contributed by atoms with Crippen molar-refractivity contribution in [1.82, 2.24) is 10.6 Å². The number of benzene rings is 2. The molecule has 0 aromatic heterocycles. The van der Waals surface area contributed by atoms with Gasteiger partial charge in [-0.15, -0.1) is 0 Å². The number of hydrogen-bond acceptors (Lipinski definition) is 1. The van der Waals surface area contributed by atoms with Gasteiger partial charge in [-0.3, -0.25) is 0 Å². The van der Waals surface area contributed by atoms with Crippen LogP contribution in [0.15, 0.2) is 60.7 Å². The fourth-order valence-electron chi connectivity index (χ4n) is 1.99. The van der Waals surface area contributed by atoms with Crippen LogP contribution in [0.4, 0.5) is 4.79 Å². The van der Waals surface area contributed by atoms with Crippen molar-refractivity contribution in [3.8, 4) is 0 Å². The molecule has 0 spiro atoms. The zero-order valence-corrected chi connectivity index (χ0v) is 12.6. The minimum atomic E-state index is -0.165. The average molecular weight is 333 g/mol. The van der Waals surface area contributed by atoms with Crippen LogP contribution in [0.3, 0.4) is 0 Å². The molecule has 2 amide bonds. The summed E-state index contributed by atoms with van der Waals surface area (Å²) < 4.78 is 0. The first kappa shape index (κ1) is 14.6. The van der Waals surface area contributed by atoms with Crippen molar-refractivity contribution < 1.29 is 4.79 Å². The van der Waals surface area contributed by atoms with Crippen LogP contribution in [0.1, 0.15) is 17.2 Å². The number of alkyl halides is 1. The Balaban J connectivity index is 2.19. The summed E-state index contributed by atoms with van der Waals surface area (Å²) in [4.78, 5) is 11.9. The number of hydrogen-bond donors (Lipinski definition) is 2. The molecule has 0 unspecified atom stereocenters. The Morgan fingerprint density at radius 2 is 1.45 bits per heavy atom. The van der Waals surface area contributed by atoms with Gasteiger partial charge in [-0.1, -0.05) is 76.6 Å². The first-order chi connectivity index (χ1) is 9.81. The van der Waals surface area contributed by atoms with Crippen LogP contribution < -0.4 is 10.6 Å². The standard InChI is InChI=1S/C16H17BrN2O/c17-11-12-18-16(20)19-15(13-7-3-1-4-8-13)14-9-5-2-6-10-14/h1-10,15H,11-12H2,(H2,18,19,20). The summed E-state index contributed by atoms with van der Waals surface area (Å²) in [6, 6.07) is 19.6. The molecule has 0 aliphatic rings. The van der Waals surface area contributed by atoms with E-state index in [2.05, 4.69) is 26.6 Å². The summed E-state index contributed by atoms with van der Waals surface area (Å²) in [6.45, 7) is 0.599. The van der Waals surface area contributed by atoms with Gasteiger partial charge in [0.15, 0.2) is 0 Å². The quantitative estimate of drug-likeness (QED) is 0.809. The fraction of sp³-hybridized carbons (Fsp3) is 0.188. The molecule has 0 fully saturated rings. The highest BCUT2D eigenvalue weighted by atomic mass is 79.9. The predicted octanol–water partition coefficient (Wildman–Crippen LogP) is 3.47. The average Bonchev–Trinajstić information content (AvgIpc) is 2.52. The molecule has 0 saturated heterocycles. The lowest BCUT2D eigenvalue weighted by molar-refractivity contribution is 0.239. The largest absolute Gasteiger partial charge is 0.337 e. The van der Waals surface area contributed by atoms with Crippen molar-refractivity contribution in [3.63, 3.8) is 0 Å². The summed E-state index contributed by atoms with van der Waals surface area (Å²) >= 11 is 3.29. The Morgan fingerprint density at radius 3 is 1.90 bits per heavy atom. The molecule has 0 bridgehead atoms. The molecule has 2 aromatic carbocycles. The maximum Gasteiger partial charge on any atom is 0.315 e. The van der Waals surface area contributed by atoms with Gasteiger partial charge in [-0.05, 0) is 11.1 Å². The zero-order chi connectivity index (χ0) is 14.2. The van der Waals surface area contributed by atoms with E-state index in [9.17, 15) is 4.79 Å². The summed E-state index contributed by atoms with van der Waals surface area (Å²) in [7, 11) is 0. The highest BCUT2D eigenvalue weighted by Crippen LogP contribution is 2.21. The van der Waals surface area contributed by atoms with Crippen LogP contribution in [0.5, 0.6) is 0 Å². The number of amides is 2. The van der Waals surface area contributed by atoms with Crippen molar-refractivity contribution in [2.45, 2.75) is 6.04 Å². The van der Waals surface area contributed by atoms with Crippen LogP contribution in [-0.4, -0.2) is 17.9 Å². The summed E-state index contributed by atoms with van der Waals surface area (Å²) in [5.41, 5.74) is 2.13. The number of halogens is 1. The number of urea groups is 1. The molecule has 2 rings (SSSR count). The molecule has 0 radical (unpaired) electrons. The van der Waals surface area contributed by atoms with E-state index in [1.54, 1.807) is 0 Å². The lowest BCUT2D eigenvalue weighted by Gasteiger charge is -2.20. The van der Waals surface area contributed by atoms with Crippen molar-refractivity contribution >= 4 is 22.0 Å². The molecule has 0 heterocycles. The van der Waals surface area contributed by atoms with Gasteiger partial charge in [0.1, 0.15) is 0 Å². The fourth-order valence-corrected chi connectivity index (χ4v) is 2.19. The van der Waals surface area contributed by atoms with Crippen molar-refractivity contribution in [3.05, 3.63) is 71.8 Å². The molecule has 2 N–H and O–H groups in total. The number of carbonyl (C=O) groups is 1. The SMILES string of the molecule is O=C(NCCBr)NC(c1ccccc1)c1ccccc1. The van der Waals surface area contributed by atoms with Crippen LogP contribution >= 0.6 is 15.9 Å². The van der Waals surface area contributed by atoms with E-state index in [4.69, 9.17) is 0 Å². The van der Waals surface area contributed by atoms with E-state index in [1.807, 2.05) is 60.7 Å². The van der Waals surface area contributed by atoms with Gasteiger partial charge in [0.05, 0.1) is 6.04 Å². The molecule has 104 valence electrons. The molecule has 0 saturated carbocycles. The molecule has 0 aliphatic heterocycles. The number of rotatable bonds is 5. The molecule has 20 heavy (non-hydrogen) atoms. The summed E-state index contributed by atoms with van der Waals surface area (Å²) in [6.07, 6.45) is 0. The molecule has 0 aliphatic carbocycles. The first-order valence-corrected chi connectivity index (χ1v) is 7.63. The summed E-state index contributed by atoms with van der Waals surface area (Å²) in [5.74, 6) is 0. The highest BCUT2D eigenvalue weighted by molar-refractivity contribution is 9.09. The van der Waals surface area contributed by atoms with Gasteiger partial charge >= 0.3 is 6.03 Å². The normalized spacial score (nSPS) is 10.3. The lowest BCUT2D eigenvalue weighted by atomic mass is 9.99. The Labute approximate surface area is 127 Å². The lowest BCUT2D eigenvalue weighted by Crippen LogP contribution is -2.39. The second kappa shape index (κ2) is 7.70. The third kappa shape index (κ3) is 4.10. The van der Waals surface area contributed by atoms with Crippen LogP contribution in [0.25, 0.3) is 0 Å². The number of nitrogens with one attached hydrogen (secondary N) is 2. The first-order valence-electron chi connectivity index (χ1n) is 6.51. The van der Waals surface area contributed by atoms with Crippen molar-refractivity contribution in [2.75, 3.05) is 11.9 Å². The van der Waals surface area contributed by atoms with Gasteiger partial charge in [0.25, 0.3) is 0 Å². The van der Waals surface area contributed by atoms with E-state index in [-0.39, 0.29) is 12.1 Å². The van der Waals surface area contributed by atoms with Gasteiger partial charge in [-0.25, -0.2) is 4.79 Å². The van der Waals surface area contributed by atoms with E-state index < -0.39 is 0 Å². The second-order valence-electron chi connectivity index (χ2n) is 4.34. The highest BCUT2D eigenvalue weighted by Gasteiger charge is 2.15. The molecule has 4 heteroatoms. The van der Waals surface area contributed by atoms with Crippen LogP contribution in [-0.2, 0) is 0 Å². The van der Waals surface area contributed by atoms with Gasteiger partial charge in [0.2, 0.25) is 0 Å². The van der Waals surface area contributed by atoms with Crippen LogP contribution in [0, 0.1) is 0 Å². The second-order valence-corrected chi connectivity index (χ2v) is 5.14. The van der Waals surface area contributed by atoms with Gasteiger partial charge in [-0.2, -0.15) is 0 Å². The maximum absolute atomic E-state index is 11.9. The third-order valence-electron chi connectivity index (χ3n) is 2.92. The van der Waals surface area contributed by atoms with E-state index in [1.165, 1.54) is 0 Å². The monoisotopic (exact) mass is 332 g/mol. The smallest absolute Gasteiger partial charge is 0.315 e. The topological polar surface area (TPSA) is 41.1 Å². The van der Waals surface area contributed by atoms with Gasteiger partial charge in [0, 0.05) is 11.9 Å². The summed E-state index contributed by atoms with van der Waals surface area (Å²) in [5, 5.41) is 6.56. The minimum Gasteiger partial charge on any atom is -0.337 e. The van der Waals surface area contributed by atoms with E-state index in [0.717, 1.165) is 16.5 Å². The Bertz CT molecular complexity index is 491. The minimum absolute atomic E-state index is 0.146. The third-order valence-corrected chi connectivity index (χ3v) is 3.32. The van der Waals surface area contributed by atoms with Gasteiger partial charge < -0.3 is 10.6 Å². The molecular weight excluding hydrogens is 316 g/mol. The van der Waals surface area contributed by atoms with E-state index in [0.29, 0.717) is 6.54 Å². The predicted molar refractivity (Wildman–Crippen MR) is 85.1 cm³/mol. The molecular formula is C16H17BrN2O. The molecule has 0 atom stereocenters. The van der Waals surface area contributed by atoms with Crippen LogP contribution in [0.2, 0.25) is 0 Å². The van der Waals surface area contributed by atoms with Crippen molar-refractivity contribution in [2.24, 2.45) is 0 Å². The Kier molecular flexibility index (Phi) is 5.62. The van der Waals surface area contributed by atoms with Crippen molar-refractivity contribution in [1.29, 1.82) is 0 Å². The molecule has 3 nitrogen and oxygen atoms in total. The Hall–Kier alpha value is -1.81. The molecule has 2 aromatic rings. The zero-order valence-electron chi connectivity index (χ0n) is 11.1. The van der Waals surface area contributed by atoms with E-state index >= 15 is 0 Å². The number of carbonyl (C=O) groups excluding carboxylic acids is 1. The Morgan fingerprint density at radius 1 is 0.950 bits per heavy atom. The maximum atomic E-state index is 11.9.